The molecule has 1 saturated heterocycles. The lowest BCUT2D eigenvalue weighted by molar-refractivity contribution is -0.150. The van der Waals surface area contributed by atoms with E-state index < -0.39 is 29.2 Å². The molecule has 202 valence electrons. The van der Waals surface area contributed by atoms with Gasteiger partial charge in [0.2, 0.25) is 0 Å². The molecular weight excluding hydrogens is 607 g/mol. The summed E-state index contributed by atoms with van der Waals surface area (Å²) in [4.78, 5) is 48.4. The molecule has 2 aliphatic heterocycles. The lowest BCUT2D eigenvalue weighted by atomic mass is 10.0. The first kappa shape index (κ1) is 31.1. The van der Waals surface area contributed by atoms with Gasteiger partial charge in [-0.2, -0.15) is 0 Å². The molecule has 37 heavy (non-hydrogen) atoms. The number of carbonyl (C=O) groups is 3. The molecule has 2 amide bonds. The number of amides is 2. The van der Waals surface area contributed by atoms with Crippen LogP contribution in [0.3, 0.4) is 0 Å². The van der Waals surface area contributed by atoms with Crippen LogP contribution in [0.25, 0.3) is 0 Å². The van der Waals surface area contributed by atoms with E-state index in [0.717, 1.165) is 11.3 Å². The number of thioether (sulfide) groups is 2. The van der Waals surface area contributed by atoms with E-state index in [0.29, 0.717) is 21.4 Å². The number of carboxylic acids is 1. The Kier molecular flexibility index (Phi) is 11.4. The maximum absolute atomic E-state index is 13.0. The van der Waals surface area contributed by atoms with Gasteiger partial charge >= 0.3 is 5.97 Å². The maximum Gasteiger partial charge on any atom is 0.352 e. The zero-order valence-corrected chi connectivity index (χ0v) is 23.8. The number of β-lactam (4-membered cyclic amide) rings is 1. The van der Waals surface area contributed by atoms with Crippen LogP contribution in [-0.2, 0) is 19.2 Å². The number of aromatic nitrogens is 3. The van der Waals surface area contributed by atoms with E-state index in [1.807, 2.05) is 0 Å². The van der Waals surface area contributed by atoms with Crippen molar-refractivity contribution in [2.24, 2.45) is 10.9 Å². The van der Waals surface area contributed by atoms with Crippen LogP contribution < -0.4 is 16.8 Å². The largest absolute Gasteiger partial charge is 0.477 e. The number of hydrogen-bond acceptors (Lipinski definition) is 14. The SMILES string of the molecule is CC(N)CON=C(C(=O)NC1C(=O)N2C(C(=O)O)=C(CSc3nncs3)CS[C@@H]12)c1csc(N)n1.Cl.Cl. The second kappa shape index (κ2) is 13.6. The Labute approximate surface area is 239 Å². The Morgan fingerprint density at radius 3 is 2.76 bits per heavy atom. The van der Waals surface area contributed by atoms with Gasteiger partial charge in [-0.3, -0.25) is 14.5 Å². The van der Waals surface area contributed by atoms with Crippen molar-refractivity contribution < 1.29 is 24.3 Å². The molecule has 2 unspecified atom stereocenters. The van der Waals surface area contributed by atoms with Crippen LogP contribution in [0.4, 0.5) is 5.13 Å². The summed E-state index contributed by atoms with van der Waals surface area (Å²) in [6, 6.07) is -1.25. The van der Waals surface area contributed by atoms with Crippen LogP contribution in [0.15, 0.2) is 31.7 Å². The zero-order chi connectivity index (χ0) is 25.1. The molecule has 1 fully saturated rings. The van der Waals surface area contributed by atoms with Gasteiger partial charge in [-0.05, 0) is 12.5 Å². The number of halogens is 2. The van der Waals surface area contributed by atoms with E-state index in [-0.39, 0.29) is 59.7 Å². The molecule has 2 aliphatic rings. The number of aliphatic carboxylic acids is 1. The molecule has 6 N–H and O–H groups in total. The van der Waals surface area contributed by atoms with Gasteiger partial charge in [0.25, 0.3) is 11.8 Å². The lowest BCUT2D eigenvalue weighted by Crippen LogP contribution is -2.71. The molecule has 0 saturated carbocycles. The van der Waals surface area contributed by atoms with Crippen molar-refractivity contribution in [1.82, 2.24) is 25.4 Å². The quantitative estimate of drug-likeness (QED) is 0.126. The third-order valence-electron chi connectivity index (χ3n) is 4.72. The fraction of sp³-hybridized carbons (Fsp3) is 0.389. The zero-order valence-electron chi connectivity index (χ0n) is 18.9. The van der Waals surface area contributed by atoms with Crippen LogP contribution in [0.5, 0.6) is 0 Å². The summed E-state index contributed by atoms with van der Waals surface area (Å²) in [5.41, 5.74) is 13.5. The van der Waals surface area contributed by atoms with E-state index >= 15 is 0 Å². The third kappa shape index (κ3) is 7.04. The van der Waals surface area contributed by atoms with Crippen LogP contribution in [0.2, 0.25) is 0 Å². The highest BCUT2D eigenvalue weighted by Gasteiger charge is 2.54. The van der Waals surface area contributed by atoms with Crippen LogP contribution in [0.1, 0.15) is 12.6 Å². The topological polar surface area (TPSA) is 199 Å². The second-order valence-corrected chi connectivity index (χ2v) is 11.4. The molecular formula is C18H22Cl2N8O5S4. The molecule has 13 nitrogen and oxygen atoms in total. The molecule has 4 rings (SSSR count). The summed E-state index contributed by atoms with van der Waals surface area (Å²) < 4.78 is 0.704. The summed E-state index contributed by atoms with van der Waals surface area (Å²) >= 11 is 5.19. The Hall–Kier alpha value is -2.15. The smallest absolute Gasteiger partial charge is 0.352 e. The van der Waals surface area contributed by atoms with Gasteiger partial charge in [-0.1, -0.05) is 28.3 Å². The minimum Gasteiger partial charge on any atom is -0.477 e. The molecule has 3 atom stereocenters. The average Bonchev–Trinajstić information content (AvgIpc) is 3.49. The summed E-state index contributed by atoms with van der Waals surface area (Å²) in [6.07, 6.45) is 0. The molecule has 2 aromatic heterocycles. The summed E-state index contributed by atoms with van der Waals surface area (Å²) in [6.45, 7) is 1.78. The Bertz CT molecular complexity index is 1190. The Balaban J connectivity index is 0.00000241. The van der Waals surface area contributed by atoms with Crippen molar-refractivity contribution in [1.29, 1.82) is 0 Å². The van der Waals surface area contributed by atoms with Gasteiger partial charge in [-0.25, -0.2) is 9.78 Å². The number of thiazole rings is 1. The van der Waals surface area contributed by atoms with E-state index in [4.69, 9.17) is 16.3 Å². The first-order valence-electron chi connectivity index (χ1n) is 10.0. The van der Waals surface area contributed by atoms with Crippen molar-refractivity contribution in [3.63, 3.8) is 0 Å². The summed E-state index contributed by atoms with van der Waals surface area (Å²) in [7, 11) is 0. The number of fused-ring (bicyclic) bond motifs is 1. The summed E-state index contributed by atoms with van der Waals surface area (Å²) in [5, 5.41) is 25.2. The number of carboxylic acid groups (broad SMARTS) is 1. The van der Waals surface area contributed by atoms with Gasteiger partial charge in [0.15, 0.2) is 15.2 Å². The minimum absolute atomic E-state index is 0. The fourth-order valence-electron chi connectivity index (χ4n) is 3.20. The van der Waals surface area contributed by atoms with Crippen molar-refractivity contribution in [2.75, 3.05) is 23.8 Å². The second-order valence-electron chi connectivity index (χ2n) is 7.40. The van der Waals surface area contributed by atoms with Crippen LogP contribution >= 0.6 is 71.0 Å². The van der Waals surface area contributed by atoms with Gasteiger partial charge in [0.05, 0.1) is 0 Å². The number of nitrogens with one attached hydrogen (secondary N) is 1. The van der Waals surface area contributed by atoms with E-state index in [1.165, 1.54) is 39.8 Å². The molecule has 0 aliphatic carbocycles. The number of nitrogens with two attached hydrogens (primary N) is 2. The number of carbonyl (C=O) groups excluding carboxylic acids is 2. The molecule has 4 heterocycles. The number of anilines is 1. The first-order valence-corrected chi connectivity index (χ1v) is 13.8. The predicted molar refractivity (Wildman–Crippen MR) is 147 cm³/mol. The highest BCUT2D eigenvalue weighted by Crippen LogP contribution is 2.41. The van der Waals surface area contributed by atoms with E-state index in [1.54, 1.807) is 17.8 Å². The van der Waals surface area contributed by atoms with Gasteiger partial charge in [-0.15, -0.1) is 58.1 Å². The highest BCUT2D eigenvalue weighted by atomic mass is 35.5. The van der Waals surface area contributed by atoms with E-state index in [2.05, 4.69) is 25.7 Å². The van der Waals surface area contributed by atoms with Crippen LogP contribution in [-0.4, -0.2) is 84.3 Å². The molecule has 0 spiro atoms. The monoisotopic (exact) mass is 628 g/mol. The third-order valence-corrected chi connectivity index (χ3v) is 8.68. The number of nitrogen functional groups attached to an aromatic ring is 1. The number of oxime groups is 1. The first-order chi connectivity index (χ1) is 16.8. The summed E-state index contributed by atoms with van der Waals surface area (Å²) in [5.74, 6) is -1.69. The Morgan fingerprint density at radius 1 is 1.41 bits per heavy atom. The van der Waals surface area contributed by atoms with E-state index in [9.17, 15) is 19.5 Å². The standard InChI is InChI=1S/C18H20N8O5S4.2ClH/c1-7(19)2-31-25-10(9-5-33-17(20)22-9)13(27)23-11-14(28)26-12(16(29)30)8(3-32-15(11)26)4-34-18-24-21-6-35-18;;/h5-7,11,15H,2-4,19H2,1H3,(H2,20,22)(H,23,27)(H,29,30);2*1H/t7?,11?,15-;;/m0../s1. The fourth-order valence-corrected chi connectivity index (χ4v) is 6.72. The Morgan fingerprint density at radius 2 is 2.16 bits per heavy atom. The van der Waals surface area contributed by atoms with Crippen molar-refractivity contribution in [2.45, 2.75) is 28.7 Å². The molecule has 2 aromatic rings. The number of rotatable bonds is 10. The molecule has 0 aromatic carbocycles. The number of hydrogen-bond donors (Lipinski definition) is 4. The molecule has 0 bridgehead atoms. The molecule has 0 radical (unpaired) electrons. The maximum atomic E-state index is 13.0. The molecule has 19 heteroatoms. The highest BCUT2D eigenvalue weighted by molar-refractivity contribution is 8.01. The van der Waals surface area contributed by atoms with Gasteiger partial charge in [0, 0.05) is 22.9 Å². The lowest BCUT2D eigenvalue weighted by Gasteiger charge is -2.49. The minimum atomic E-state index is -1.20. The van der Waals surface area contributed by atoms with Gasteiger partial charge in [0.1, 0.15) is 34.9 Å². The van der Waals surface area contributed by atoms with Crippen molar-refractivity contribution in [3.8, 4) is 0 Å². The van der Waals surface area contributed by atoms with Crippen molar-refractivity contribution in [3.05, 3.63) is 27.9 Å². The van der Waals surface area contributed by atoms with Crippen molar-refractivity contribution >= 4 is 99.6 Å². The van der Waals surface area contributed by atoms with Crippen LogP contribution in [0, 0.1) is 0 Å². The normalized spacial score (nSPS) is 19.7. The van der Waals surface area contributed by atoms with Gasteiger partial charge < -0.3 is 26.7 Å². The number of nitrogens with zero attached hydrogens (tertiary/aromatic N) is 5. The average molecular weight is 630 g/mol. The predicted octanol–water partition coefficient (Wildman–Crippen LogP) is 1.02.